The van der Waals surface area contributed by atoms with Crippen LogP contribution in [0.1, 0.15) is 17.5 Å². The lowest BCUT2D eigenvalue weighted by molar-refractivity contribution is -0.117. The van der Waals surface area contributed by atoms with E-state index in [1.54, 1.807) is 4.90 Å². The summed E-state index contributed by atoms with van der Waals surface area (Å²) in [5.74, 6) is -0.0651. The minimum atomic E-state index is -3.52. The number of nitrogens with zero attached hydrogens (tertiary/aromatic N) is 2. The zero-order valence-corrected chi connectivity index (χ0v) is 13.6. The van der Waals surface area contributed by atoms with Gasteiger partial charge < -0.3 is 4.90 Å². The second-order valence-corrected chi connectivity index (χ2v) is 7.50. The van der Waals surface area contributed by atoms with Crippen LogP contribution in [0.5, 0.6) is 0 Å². The number of amides is 1. The quantitative estimate of drug-likeness (QED) is 0.894. The Morgan fingerprint density at radius 3 is 2.48 bits per heavy atom. The van der Waals surface area contributed by atoms with Crippen molar-refractivity contribution >= 4 is 21.8 Å². The lowest BCUT2D eigenvalue weighted by Crippen LogP contribution is -2.43. The number of aryl methyl sites for hydroxylation is 2. The number of rotatable bonds is 4. The fraction of sp³-hybridized carbons (Fsp3) is 0.500. The number of carbonyl (C=O) groups excluding carboxylic acids is 1. The molecule has 1 aromatic carbocycles. The highest BCUT2D eigenvalue weighted by atomic mass is 32.2. The van der Waals surface area contributed by atoms with E-state index >= 15 is 0 Å². The van der Waals surface area contributed by atoms with E-state index in [1.165, 1.54) is 14.1 Å². The van der Waals surface area contributed by atoms with Gasteiger partial charge in [0.05, 0.1) is 0 Å². The zero-order chi connectivity index (χ0) is 15.8. The van der Waals surface area contributed by atoms with Crippen LogP contribution in [-0.4, -0.2) is 45.3 Å². The van der Waals surface area contributed by atoms with E-state index in [0.717, 1.165) is 21.1 Å². The molecule has 1 heterocycles. The molecule has 6 nitrogen and oxygen atoms in total. The monoisotopic (exact) mass is 311 g/mol. The molecule has 21 heavy (non-hydrogen) atoms. The number of hydrogen-bond donors (Lipinski definition) is 1. The lowest BCUT2D eigenvalue weighted by atomic mass is 10.1. The third kappa shape index (κ3) is 3.42. The van der Waals surface area contributed by atoms with Gasteiger partial charge >= 0.3 is 0 Å². The third-order valence-corrected chi connectivity index (χ3v) is 5.32. The molecule has 0 radical (unpaired) electrons. The summed E-state index contributed by atoms with van der Waals surface area (Å²) in [4.78, 5) is 13.7. The van der Waals surface area contributed by atoms with Crippen LogP contribution in [0, 0.1) is 13.8 Å². The van der Waals surface area contributed by atoms with Gasteiger partial charge in [0.25, 0.3) is 10.2 Å². The largest absolute Gasteiger partial charge is 0.311 e. The summed E-state index contributed by atoms with van der Waals surface area (Å²) in [6.07, 6.45) is 0.181. The van der Waals surface area contributed by atoms with Crippen LogP contribution >= 0.6 is 0 Å². The van der Waals surface area contributed by atoms with Crippen LogP contribution < -0.4 is 9.62 Å². The van der Waals surface area contributed by atoms with Gasteiger partial charge in [-0.15, -0.1) is 0 Å². The Hall–Kier alpha value is -1.44. The molecule has 1 fully saturated rings. The number of hydrogen-bond acceptors (Lipinski definition) is 3. The summed E-state index contributed by atoms with van der Waals surface area (Å²) < 4.78 is 27.3. The Balaban J connectivity index is 2.15. The van der Waals surface area contributed by atoms with Crippen LogP contribution in [0.25, 0.3) is 0 Å². The molecular formula is C14H21N3O3S. The smallest absolute Gasteiger partial charge is 0.279 e. The number of nitrogens with one attached hydrogen (secondary N) is 1. The molecule has 2 rings (SSSR count). The zero-order valence-electron chi connectivity index (χ0n) is 12.8. The second-order valence-electron chi connectivity index (χ2n) is 5.58. The summed E-state index contributed by atoms with van der Waals surface area (Å²) in [6.45, 7) is 4.36. The fourth-order valence-corrected chi connectivity index (χ4v) is 3.04. The fourth-order valence-electron chi connectivity index (χ4n) is 2.25. The normalized spacial score (nSPS) is 19.6. The Bertz CT molecular complexity index is 655. The summed E-state index contributed by atoms with van der Waals surface area (Å²) in [5, 5.41) is 0. The van der Waals surface area contributed by atoms with Crippen molar-refractivity contribution in [2.24, 2.45) is 0 Å². The highest BCUT2D eigenvalue weighted by molar-refractivity contribution is 7.87. The standard InChI is InChI=1S/C14H21N3O3S/c1-10-5-6-13(7-11(10)2)17-9-12(8-14(17)18)15-21(19,20)16(3)4/h5-7,12,15H,8-9H2,1-4H3. The van der Waals surface area contributed by atoms with Gasteiger partial charge in [-0.05, 0) is 37.1 Å². The molecule has 0 spiro atoms. The molecule has 1 atom stereocenters. The van der Waals surface area contributed by atoms with Crippen molar-refractivity contribution in [3.8, 4) is 0 Å². The lowest BCUT2D eigenvalue weighted by Gasteiger charge is -2.19. The topological polar surface area (TPSA) is 69.7 Å². The van der Waals surface area contributed by atoms with E-state index in [9.17, 15) is 13.2 Å². The maximum Gasteiger partial charge on any atom is 0.279 e. The Kier molecular flexibility index (Phi) is 4.36. The molecule has 1 saturated heterocycles. The molecular weight excluding hydrogens is 290 g/mol. The van der Waals surface area contributed by atoms with Crippen molar-refractivity contribution in [2.45, 2.75) is 26.3 Å². The summed E-state index contributed by atoms with van der Waals surface area (Å²) >= 11 is 0. The molecule has 0 aliphatic carbocycles. The molecule has 1 aromatic rings. The number of benzene rings is 1. The first-order chi connectivity index (χ1) is 9.70. The van der Waals surface area contributed by atoms with Gasteiger partial charge in [0, 0.05) is 38.8 Å². The average molecular weight is 311 g/mol. The van der Waals surface area contributed by atoms with Gasteiger partial charge in [-0.2, -0.15) is 17.4 Å². The Labute approximate surface area is 125 Å². The Morgan fingerprint density at radius 2 is 1.90 bits per heavy atom. The van der Waals surface area contributed by atoms with Crippen LogP contribution in [0.4, 0.5) is 5.69 Å². The maximum atomic E-state index is 12.1. The number of anilines is 1. The highest BCUT2D eigenvalue weighted by Gasteiger charge is 2.33. The van der Waals surface area contributed by atoms with Crippen molar-refractivity contribution < 1.29 is 13.2 Å². The van der Waals surface area contributed by atoms with Crippen molar-refractivity contribution in [1.82, 2.24) is 9.03 Å². The Morgan fingerprint density at radius 1 is 1.24 bits per heavy atom. The van der Waals surface area contributed by atoms with Gasteiger partial charge in [-0.1, -0.05) is 6.07 Å². The minimum absolute atomic E-state index is 0.0651. The van der Waals surface area contributed by atoms with Gasteiger partial charge in [-0.25, -0.2) is 0 Å². The van der Waals surface area contributed by atoms with E-state index in [-0.39, 0.29) is 12.3 Å². The predicted molar refractivity (Wildman–Crippen MR) is 82.4 cm³/mol. The van der Waals surface area contributed by atoms with Crippen LogP contribution in [0.15, 0.2) is 18.2 Å². The number of carbonyl (C=O) groups is 1. The molecule has 1 amide bonds. The third-order valence-electron chi connectivity index (χ3n) is 3.72. The first kappa shape index (κ1) is 15.9. The van der Waals surface area contributed by atoms with E-state index in [4.69, 9.17) is 0 Å². The van der Waals surface area contributed by atoms with Crippen LogP contribution in [0.2, 0.25) is 0 Å². The first-order valence-electron chi connectivity index (χ1n) is 6.78. The van der Waals surface area contributed by atoms with Crippen molar-refractivity contribution in [3.63, 3.8) is 0 Å². The van der Waals surface area contributed by atoms with Gasteiger partial charge in [0.15, 0.2) is 0 Å². The van der Waals surface area contributed by atoms with E-state index in [2.05, 4.69) is 4.72 Å². The summed E-state index contributed by atoms with van der Waals surface area (Å²) in [7, 11) is -0.604. The molecule has 7 heteroatoms. The van der Waals surface area contributed by atoms with Crippen LogP contribution in [-0.2, 0) is 15.0 Å². The molecule has 1 N–H and O–H groups in total. The highest BCUT2D eigenvalue weighted by Crippen LogP contribution is 2.24. The predicted octanol–water partition coefficient (Wildman–Crippen LogP) is 0.805. The molecule has 1 aliphatic heterocycles. The van der Waals surface area contributed by atoms with Crippen LogP contribution in [0.3, 0.4) is 0 Å². The molecule has 0 bridgehead atoms. The molecule has 0 aromatic heterocycles. The van der Waals surface area contributed by atoms with Gasteiger partial charge in [-0.3, -0.25) is 4.79 Å². The molecule has 116 valence electrons. The SMILES string of the molecule is Cc1ccc(N2CC(NS(=O)(=O)N(C)C)CC2=O)cc1C. The molecule has 1 unspecified atom stereocenters. The van der Waals surface area contributed by atoms with Gasteiger partial charge in [0.1, 0.15) is 0 Å². The maximum absolute atomic E-state index is 12.1. The molecule has 0 saturated carbocycles. The summed E-state index contributed by atoms with van der Waals surface area (Å²) in [6, 6.07) is 5.42. The van der Waals surface area contributed by atoms with Gasteiger partial charge in [0.2, 0.25) is 5.91 Å². The summed E-state index contributed by atoms with van der Waals surface area (Å²) in [5.41, 5.74) is 3.09. The minimum Gasteiger partial charge on any atom is -0.311 e. The van der Waals surface area contributed by atoms with Crippen molar-refractivity contribution in [2.75, 3.05) is 25.5 Å². The average Bonchev–Trinajstić information content (AvgIpc) is 2.72. The van der Waals surface area contributed by atoms with E-state index in [1.807, 2.05) is 32.0 Å². The van der Waals surface area contributed by atoms with Crippen molar-refractivity contribution in [3.05, 3.63) is 29.3 Å². The van der Waals surface area contributed by atoms with Crippen molar-refractivity contribution in [1.29, 1.82) is 0 Å². The second kappa shape index (κ2) is 5.75. The van der Waals surface area contributed by atoms with E-state index in [0.29, 0.717) is 6.54 Å². The van der Waals surface area contributed by atoms with E-state index < -0.39 is 16.3 Å². The molecule has 1 aliphatic rings. The first-order valence-corrected chi connectivity index (χ1v) is 8.22.